The van der Waals surface area contributed by atoms with Crippen LogP contribution >= 0.6 is 15.9 Å². The van der Waals surface area contributed by atoms with Crippen molar-refractivity contribution in [2.45, 2.75) is 6.92 Å². The summed E-state index contributed by atoms with van der Waals surface area (Å²) < 4.78 is 0.755. The molecular weight excluding hydrogens is 366 g/mol. The number of nitrogens with one attached hydrogen (secondary N) is 1. The van der Waals surface area contributed by atoms with Crippen LogP contribution in [0.25, 0.3) is 0 Å². The van der Waals surface area contributed by atoms with Crippen LogP contribution in [0.4, 0.5) is 5.69 Å². The molecule has 0 atom stereocenters. The number of halogens is 1. The normalized spacial score (nSPS) is 11.1. The summed E-state index contributed by atoms with van der Waals surface area (Å²) in [7, 11) is 0. The first-order valence-electron chi connectivity index (χ1n) is 6.46. The number of hydrazone groups is 1. The molecule has 7 nitrogen and oxygen atoms in total. The zero-order chi connectivity index (χ0) is 17.0. The van der Waals surface area contributed by atoms with Gasteiger partial charge in [0.1, 0.15) is 5.75 Å². The third kappa shape index (κ3) is 4.13. The minimum Gasteiger partial charge on any atom is -0.507 e. The second kappa shape index (κ2) is 7.01. The second-order valence-electron chi connectivity index (χ2n) is 4.61. The molecule has 0 bridgehead atoms. The van der Waals surface area contributed by atoms with Gasteiger partial charge < -0.3 is 5.11 Å². The molecular formula is C15H12BrN3O4. The van der Waals surface area contributed by atoms with Crippen molar-refractivity contribution in [3.8, 4) is 5.75 Å². The lowest BCUT2D eigenvalue weighted by Gasteiger charge is -2.06. The Kier molecular flexibility index (Phi) is 5.07. The van der Waals surface area contributed by atoms with Crippen molar-refractivity contribution in [2.75, 3.05) is 0 Å². The highest BCUT2D eigenvalue weighted by atomic mass is 79.9. The lowest BCUT2D eigenvalue weighted by molar-refractivity contribution is -0.384. The van der Waals surface area contributed by atoms with Crippen LogP contribution in [0.1, 0.15) is 22.8 Å². The van der Waals surface area contributed by atoms with E-state index in [4.69, 9.17) is 0 Å². The van der Waals surface area contributed by atoms with Crippen molar-refractivity contribution in [1.82, 2.24) is 5.43 Å². The number of hydrogen-bond donors (Lipinski definition) is 2. The quantitative estimate of drug-likeness (QED) is 0.484. The molecule has 0 saturated carbocycles. The van der Waals surface area contributed by atoms with Crippen LogP contribution in [0.5, 0.6) is 5.75 Å². The van der Waals surface area contributed by atoms with Crippen molar-refractivity contribution in [3.05, 3.63) is 68.2 Å². The zero-order valence-corrected chi connectivity index (χ0v) is 13.6. The van der Waals surface area contributed by atoms with Crippen LogP contribution in [0.3, 0.4) is 0 Å². The topological polar surface area (TPSA) is 105 Å². The van der Waals surface area contributed by atoms with Gasteiger partial charge in [0.25, 0.3) is 11.6 Å². The predicted molar refractivity (Wildman–Crippen MR) is 88.6 cm³/mol. The molecule has 0 aromatic heterocycles. The highest BCUT2D eigenvalue weighted by Gasteiger charge is 2.11. The van der Waals surface area contributed by atoms with E-state index in [1.54, 1.807) is 19.1 Å². The van der Waals surface area contributed by atoms with E-state index in [-0.39, 0.29) is 17.0 Å². The monoisotopic (exact) mass is 377 g/mol. The third-order valence-electron chi connectivity index (χ3n) is 2.99. The predicted octanol–water partition coefficient (Wildman–Crippen LogP) is 3.22. The minimum atomic E-state index is -0.581. The number of amides is 1. The molecule has 0 aliphatic rings. The fourth-order valence-electron chi connectivity index (χ4n) is 1.82. The number of nitrogens with zero attached hydrogens (tertiary/aromatic N) is 2. The first kappa shape index (κ1) is 16.6. The van der Waals surface area contributed by atoms with Gasteiger partial charge in [0.2, 0.25) is 0 Å². The maximum Gasteiger partial charge on any atom is 0.271 e. The average molecular weight is 378 g/mol. The van der Waals surface area contributed by atoms with E-state index >= 15 is 0 Å². The van der Waals surface area contributed by atoms with Crippen LogP contribution in [-0.2, 0) is 0 Å². The Hall–Kier alpha value is -2.74. The van der Waals surface area contributed by atoms with E-state index in [1.165, 1.54) is 24.3 Å². The number of hydrogen-bond acceptors (Lipinski definition) is 5. The zero-order valence-electron chi connectivity index (χ0n) is 12.0. The summed E-state index contributed by atoms with van der Waals surface area (Å²) in [5, 5.41) is 24.4. The smallest absolute Gasteiger partial charge is 0.271 e. The summed E-state index contributed by atoms with van der Waals surface area (Å²) in [5.74, 6) is -0.554. The van der Waals surface area contributed by atoms with Gasteiger partial charge in [-0.05, 0) is 31.2 Å². The fourth-order valence-corrected chi connectivity index (χ4v) is 2.18. The average Bonchev–Trinajstić information content (AvgIpc) is 2.54. The van der Waals surface area contributed by atoms with Crippen molar-refractivity contribution in [2.24, 2.45) is 5.10 Å². The molecule has 0 aliphatic heterocycles. The Labute approximate surface area is 139 Å². The number of nitro groups is 1. The fraction of sp³-hybridized carbons (Fsp3) is 0.0667. The van der Waals surface area contributed by atoms with Gasteiger partial charge in [0.15, 0.2) is 0 Å². The molecule has 0 fully saturated rings. The van der Waals surface area contributed by atoms with Crippen LogP contribution in [0.2, 0.25) is 0 Å². The number of aromatic hydroxyl groups is 1. The molecule has 0 aliphatic carbocycles. The van der Waals surface area contributed by atoms with Gasteiger partial charge in [-0.2, -0.15) is 5.10 Å². The SMILES string of the molecule is C/C(=N\NC(=O)c1cccc([N+](=O)[O-])c1)c1cc(Br)ccc1O. The van der Waals surface area contributed by atoms with E-state index in [1.807, 2.05) is 0 Å². The van der Waals surface area contributed by atoms with E-state index in [2.05, 4.69) is 26.5 Å². The van der Waals surface area contributed by atoms with E-state index in [9.17, 15) is 20.0 Å². The number of benzene rings is 2. The second-order valence-corrected chi connectivity index (χ2v) is 5.52. The van der Waals surface area contributed by atoms with Gasteiger partial charge in [0, 0.05) is 27.7 Å². The Morgan fingerprint density at radius 2 is 2.04 bits per heavy atom. The Bertz CT molecular complexity index is 805. The number of phenols is 1. The Balaban J connectivity index is 2.18. The van der Waals surface area contributed by atoms with Gasteiger partial charge in [-0.3, -0.25) is 14.9 Å². The molecule has 0 radical (unpaired) electrons. The number of carbonyl (C=O) groups excluding carboxylic acids is 1. The molecule has 2 rings (SSSR count). The highest BCUT2D eigenvalue weighted by molar-refractivity contribution is 9.10. The van der Waals surface area contributed by atoms with Crippen molar-refractivity contribution >= 4 is 33.2 Å². The molecule has 118 valence electrons. The first-order valence-corrected chi connectivity index (χ1v) is 7.26. The lowest BCUT2D eigenvalue weighted by atomic mass is 10.1. The highest BCUT2D eigenvalue weighted by Crippen LogP contribution is 2.22. The van der Waals surface area contributed by atoms with Gasteiger partial charge >= 0.3 is 0 Å². The van der Waals surface area contributed by atoms with Crippen molar-refractivity contribution in [1.29, 1.82) is 0 Å². The number of carbonyl (C=O) groups is 1. The Morgan fingerprint density at radius 1 is 1.30 bits per heavy atom. The molecule has 2 N–H and O–H groups in total. The number of non-ortho nitro benzene ring substituents is 1. The molecule has 0 spiro atoms. The maximum absolute atomic E-state index is 12.0. The summed E-state index contributed by atoms with van der Waals surface area (Å²) in [6, 6.07) is 10.2. The molecule has 2 aromatic carbocycles. The van der Waals surface area contributed by atoms with Gasteiger partial charge in [-0.25, -0.2) is 5.43 Å². The number of rotatable bonds is 4. The van der Waals surface area contributed by atoms with Gasteiger partial charge in [-0.1, -0.05) is 22.0 Å². The largest absolute Gasteiger partial charge is 0.507 e. The Morgan fingerprint density at radius 3 is 2.74 bits per heavy atom. The summed E-state index contributed by atoms with van der Waals surface area (Å²) in [5.41, 5.74) is 3.10. The standard InChI is InChI=1S/C15H12BrN3O4/c1-9(13-8-11(16)5-6-14(13)20)17-18-15(21)10-3-2-4-12(7-10)19(22)23/h2-8,20H,1H3,(H,18,21)/b17-9+. The van der Waals surface area contributed by atoms with Gasteiger partial charge in [-0.15, -0.1) is 0 Å². The number of phenolic OH excluding ortho intramolecular Hbond substituents is 1. The van der Waals surface area contributed by atoms with E-state index in [0.717, 1.165) is 10.5 Å². The van der Waals surface area contributed by atoms with Crippen molar-refractivity contribution in [3.63, 3.8) is 0 Å². The maximum atomic E-state index is 12.0. The van der Waals surface area contributed by atoms with E-state index < -0.39 is 10.8 Å². The van der Waals surface area contributed by atoms with Gasteiger partial charge in [0.05, 0.1) is 10.6 Å². The molecule has 2 aromatic rings. The minimum absolute atomic E-state index is 0.0269. The summed E-state index contributed by atoms with van der Waals surface area (Å²) in [6.07, 6.45) is 0. The third-order valence-corrected chi connectivity index (χ3v) is 3.49. The molecule has 23 heavy (non-hydrogen) atoms. The summed E-state index contributed by atoms with van der Waals surface area (Å²) in [4.78, 5) is 22.1. The lowest BCUT2D eigenvalue weighted by Crippen LogP contribution is -2.19. The van der Waals surface area contributed by atoms with Crippen LogP contribution in [0, 0.1) is 10.1 Å². The molecule has 8 heteroatoms. The van der Waals surface area contributed by atoms with Crippen LogP contribution in [-0.4, -0.2) is 21.6 Å². The molecule has 0 saturated heterocycles. The van der Waals surface area contributed by atoms with Crippen LogP contribution < -0.4 is 5.43 Å². The molecule has 1 amide bonds. The summed E-state index contributed by atoms with van der Waals surface area (Å²) >= 11 is 3.29. The van der Waals surface area contributed by atoms with Crippen molar-refractivity contribution < 1.29 is 14.8 Å². The molecule has 0 heterocycles. The van der Waals surface area contributed by atoms with E-state index in [0.29, 0.717) is 11.3 Å². The summed E-state index contributed by atoms with van der Waals surface area (Å²) in [6.45, 7) is 1.62. The first-order chi connectivity index (χ1) is 10.9. The molecule has 0 unspecified atom stereocenters. The number of nitro benzene ring substituents is 1. The van der Waals surface area contributed by atoms with Crippen LogP contribution in [0.15, 0.2) is 52.0 Å².